The average Bonchev–Trinajstić information content (AvgIpc) is 2.60. The fourth-order valence-electron chi connectivity index (χ4n) is 3.29. The van der Waals surface area contributed by atoms with E-state index in [2.05, 4.69) is 36.5 Å². The lowest BCUT2D eigenvalue weighted by molar-refractivity contribution is -0.139. The number of methoxy groups -OCH3 is 1. The highest BCUT2D eigenvalue weighted by Gasteiger charge is 2.34. The molecule has 1 saturated heterocycles. The van der Waals surface area contributed by atoms with Gasteiger partial charge in [0, 0.05) is 32.5 Å². The van der Waals surface area contributed by atoms with E-state index in [1.165, 1.54) is 5.56 Å². The van der Waals surface area contributed by atoms with Crippen molar-refractivity contribution in [2.24, 2.45) is 5.92 Å². The van der Waals surface area contributed by atoms with Crippen LogP contribution in [0.1, 0.15) is 11.1 Å². The molecule has 138 valence electrons. The Morgan fingerprint density at radius 3 is 2.58 bits per heavy atom. The third kappa shape index (κ3) is 4.35. The van der Waals surface area contributed by atoms with Crippen LogP contribution < -0.4 is 11.1 Å². The molecule has 3 rings (SSSR count). The van der Waals surface area contributed by atoms with Gasteiger partial charge < -0.3 is 20.7 Å². The van der Waals surface area contributed by atoms with E-state index in [0.717, 1.165) is 24.3 Å². The molecule has 1 fully saturated rings. The third-order valence-corrected chi connectivity index (χ3v) is 4.82. The van der Waals surface area contributed by atoms with E-state index in [9.17, 15) is 4.79 Å². The van der Waals surface area contributed by atoms with Crippen molar-refractivity contribution >= 4 is 17.3 Å². The minimum Gasteiger partial charge on any atom is -0.397 e. The fraction of sp³-hybridized carbons (Fsp3) is 0.381. The summed E-state index contributed by atoms with van der Waals surface area (Å²) in [6.45, 7) is 4.27. The van der Waals surface area contributed by atoms with Gasteiger partial charge in [0.25, 0.3) is 0 Å². The van der Waals surface area contributed by atoms with Crippen LogP contribution in [0.15, 0.2) is 48.5 Å². The molecule has 0 spiro atoms. The van der Waals surface area contributed by atoms with E-state index in [-0.39, 0.29) is 11.9 Å². The Morgan fingerprint density at radius 1 is 1.23 bits per heavy atom. The van der Waals surface area contributed by atoms with Crippen molar-refractivity contribution in [3.8, 4) is 0 Å². The van der Waals surface area contributed by atoms with Gasteiger partial charge in [-0.2, -0.15) is 0 Å². The molecule has 5 heteroatoms. The first-order chi connectivity index (χ1) is 12.6. The van der Waals surface area contributed by atoms with Gasteiger partial charge in [-0.1, -0.05) is 42.0 Å². The molecular weight excluding hydrogens is 326 g/mol. The molecule has 1 atom stereocenters. The van der Waals surface area contributed by atoms with Crippen molar-refractivity contribution < 1.29 is 9.53 Å². The number of rotatable bonds is 7. The Balaban J connectivity index is 1.74. The fourth-order valence-corrected chi connectivity index (χ4v) is 3.29. The van der Waals surface area contributed by atoms with Crippen molar-refractivity contribution in [2.75, 3.05) is 37.9 Å². The van der Waals surface area contributed by atoms with Gasteiger partial charge in [0.15, 0.2) is 0 Å². The van der Waals surface area contributed by atoms with Crippen LogP contribution in [0.25, 0.3) is 0 Å². The van der Waals surface area contributed by atoms with Gasteiger partial charge in [-0.3, -0.25) is 4.79 Å². The number of nitrogen functional groups attached to an aromatic ring is 1. The molecular formula is C21H27N3O2. The van der Waals surface area contributed by atoms with Crippen LogP contribution >= 0.6 is 0 Å². The zero-order chi connectivity index (χ0) is 18.5. The van der Waals surface area contributed by atoms with Gasteiger partial charge in [0.05, 0.1) is 18.0 Å². The summed E-state index contributed by atoms with van der Waals surface area (Å²) < 4.78 is 5.18. The molecule has 0 saturated carbocycles. The molecule has 26 heavy (non-hydrogen) atoms. The number of aryl methyl sites for hydroxylation is 1. The minimum atomic E-state index is -0.342. The molecule has 0 aromatic heterocycles. The second-order valence-electron chi connectivity index (χ2n) is 7.04. The zero-order valence-electron chi connectivity index (χ0n) is 15.4. The number of carbonyl (C=O) groups is 1. The van der Waals surface area contributed by atoms with E-state index in [1.54, 1.807) is 7.11 Å². The lowest BCUT2D eigenvalue weighted by Gasteiger charge is -2.41. The average molecular weight is 353 g/mol. The van der Waals surface area contributed by atoms with Gasteiger partial charge >= 0.3 is 0 Å². The number of nitrogens with one attached hydrogen (secondary N) is 1. The number of nitrogens with zero attached hydrogens (tertiary/aromatic N) is 1. The number of ether oxygens (including phenoxy) is 1. The molecule has 1 unspecified atom stereocenters. The van der Waals surface area contributed by atoms with Crippen LogP contribution in [-0.4, -0.2) is 43.7 Å². The predicted molar refractivity (Wildman–Crippen MR) is 105 cm³/mol. The lowest BCUT2D eigenvalue weighted by Crippen LogP contribution is -2.56. The highest BCUT2D eigenvalue weighted by molar-refractivity contribution is 5.87. The molecule has 0 bridgehead atoms. The van der Waals surface area contributed by atoms with Gasteiger partial charge in [0.2, 0.25) is 5.91 Å². The number of likely N-dealkylation sites (tertiary alicyclic amines) is 1. The second-order valence-corrected chi connectivity index (χ2v) is 7.04. The van der Waals surface area contributed by atoms with Crippen molar-refractivity contribution in [2.45, 2.75) is 19.4 Å². The molecule has 5 nitrogen and oxygen atoms in total. The Morgan fingerprint density at radius 2 is 1.92 bits per heavy atom. The summed E-state index contributed by atoms with van der Waals surface area (Å²) in [4.78, 5) is 14.9. The molecule has 1 amide bonds. The number of hydrogen-bond acceptors (Lipinski definition) is 4. The van der Waals surface area contributed by atoms with E-state index >= 15 is 0 Å². The maximum Gasteiger partial charge on any atom is 0.245 e. The van der Waals surface area contributed by atoms with Crippen LogP contribution in [-0.2, 0) is 16.0 Å². The van der Waals surface area contributed by atoms with Gasteiger partial charge in [-0.15, -0.1) is 0 Å². The maximum absolute atomic E-state index is 13.0. The number of nitrogens with two attached hydrogens (primary N) is 1. The van der Waals surface area contributed by atoms with Gasteiger partial charge in [-0.25, -0.2) is 0 Å². The predicted octanol–water partition coefficient (Wildman–Crippen LogP) is 2.71. The number of amides is 1. The van der Waals surface area contributed by atoms with E-state index in [1.807, 2.05) is 29.2 Å². The first kappa shape index (κ1) is 18.3. The summed E-state index contributed by atoms with van der Waals surface area (Å²) in [7, 11) is 1.70. The van der Waals surface area contributed by atoms with Crippen molar-refractivity contribution in [1.82, 2.24) is 4.90 Å². The summed E-state index contributed by atoms with van der Waals surface area (Å²) in [6, 6.07) is 15.5. The van der Waals surface area contributed by atoms with E-state index in [0.29, 0.717) is 24.6 Å². The van der Waals surface area contributed by atoms with Gasteiger partial charge in [0.1, 0.15) is 6.04 Å². The number of para-hydroxylation sites is 2. The maximum atomic E-state index is 13.0. The normalized spacial score (nSPS) is 15.4. The van der Waals surface area contributed by atoms with Crippen LogP contribution in [0.2, 0.25) is 0 Å². The molecule has 3 N–H and O–H groups in total. The molecule has 2 aromatic carbocycles. The summed E-state index contributed by atoms with van der Waals surface area (Å²) in [6.07, 6.45) is 0.624. The summed E-state index contributed by atoms with van der Waals surface area (Å²) in [5.74, 6) is 0.548. The van der Waals surface area contributed by atoms with Crippen LogP contribution in [0.5, 0.6) is 0 Å². The lowest BCUT2D eigenvalue weighted by atomic mass is 9.97. The number of hydrogen-bond donors (Lipinski definition) is 2. The highest BCUT2D eigenvalue weighted by Crippen LogP contribution is 2.23. The van der Waals surface area contributed by atoms with Crippen LogP contribution in [0.4, 0.5) is 11.4 Å². The Hall–Kier alpha value is -2.53. The summed E-state index contributed by atoms with van der Waals surface area (Å²) in [5.41, 5.74) is 9.85. The largest absolute Gasteiger partial charge is 0.397 e. The summed E-state index contributed by atoms with van der Waals surface area (Å²) >= 11 is 0. The topological polar surface area (TPSA) is 67.6 Å². The molecule has 0 radical (unpaired) electrons. The number of carbonyl (C=O) groups excluding carboxylic acids is 1. The van der Waals surface area contributed by atoms with Crippen molar-refractivity contribution in [1.29, 1.82) is 0 Å². The van der Waals surface area contributed by atoms with E-state index in [4.69, 9.17) is 10.5 Å². The Labute approximate surface area is 155 Å². The molecule has 0 aliphatic carbocycles. The smallest absolute Gasteiger partial charge is 0.245 e. The first-order valence-electron chi connectivity index (χ1n) is 9.01. The number of benzene rings is 2. The van der Waals surface area contributed by atoms with E-state index < -0.39 is 0 Å². The SMILES string of the molecule is COCC1CN(C(=O)C(Cc2ccc(C)cc2)Nc2ccccc2N)C1. The van der Waals surface area contributed by atoms with Crippen molar-refractivity contribution in [3.63, 3.8) is 0 Å². The molecule has 2 aromatic rings. The van der Waals surface area contributed by atoms with Gasteiger partial charge in [-0.05, 0) is 24.6 Å². The highest BCUT2D eigenvalue weighted by atomic mass is 16.5. The molecule has 1 aliphatic rings. The Bertz CT molecular complexity index is 739. The quantitative estimate of drug-likeness (QED) is 0.751. The standard InChI is InChI=1S/C21H27N3O2/c1-15-7-9-16(10-8-15)11-20(23-19-6-4-3-5-18(19)22)21(25)24-12-17(13-24)14-26-2/h3-10,17,20,23H,11-14,22H2,1-2H3. The monoisotopic (exact) mass is 353 g/mol. The molecule has 1 heterocycles. The van der Waals surface area contributed by atoms with Crippen LogP contribution in [0.3, 0.4) is 0 Å². The Kier molecular flexibility index (Phi) is 5.78. The number of anilines is 2. The van der Waals surface area contributed by atoms with Crippen molar-refractivity contribution in [3.05, 3.63) is 59.7 Å². The third-order valence-electron chi connectivity index (χ3n) is 4.82. The minimum absolute atomic E-state index is 0.112. The molecule has 1 aliphatic heterocycles. The summed E-state index contributed by atoms with van der Waals surface area (Å²) in [5, 5.41) is 3.36. The van der Waals surface area contributed by atoms with Crippen LogP contribution in [0, 0.1) is 12.8 Å². The first-order valence-corrected chi connectivity index (χ1v) is 9.01. The zero-order valence-corrected chi connectivity index (χ0v) is 15.4. The second kappa shape index (κ2) is 8.23.